The Hall–Kier alpha value is -0.950. The Morgan fingerprint density at radius 2 is 1.92 bits per heavy atom. The van der Waals surface area contributed by atoms with Gasteiger partial charge in [-0.2, -0.15) is 0 Å². The fourth-order valence-corrected chi connectivity index (χ4v) is 5.58. The predicted octanol–water partition coefficient (Wildman–Crippen LogP) is 2.06. The van der Waals surface area contributed by atoms with E-state index in [1.807, 2.05) is 0 Å². The van der Waals surface area contributed by atoms with Gasteiger partial charge >= 0.3 is 0 Å². The van der Waals surface area contributed by atoms with Gasteiger partial charge in [0.1, 0.15) is 0 Å². The Morgan fingerprint density at radius 1 is 1.20 bits per heavy atom. The molecule has 25 heavy (non-hydrogen) atoms. The first-order valence-corrected chi connectivity index (χ1v) is 10.9. The fraction of sp³-hybridized carbons (Fsp3) is 0.684. The normalized spacial score (nSPS) is 26.0. The second-order valence-electron chi connectivity index (χ2n) is 7.96. The number of ether oxygens (including phenoxy) is 1. The molecule has 0 amide bonds. The summed E-state index contributed by atoms with van der Waals surface area (Å²) in [5.74, 6) is 0.462. The molecule has 1 aromatic rings. The first-order valence-electron chi connectivity index (χ1n) is 9.37. The van der Waals surface area contributed by atoms with Gasteiger partial charge in [-0.15, -0.1) is 0 Å². The van der Waals surface area contributed by atoms with Crippen LogP contribution >= 0.6 is 0 Å². The Balaban J connectivity index is 1.26. The van der Waals surface area contributed by atoms with Crippen molar-refractivity contribution in [1.29, 1.82) is 0 Å². The van der Waals surface area contributed by atoms with Crippen molar-refractivity contribution >= 4 is 10.0 Å². The van der Waals surface area contributed by atoms with Gasteiger partial charge in [0.25, 0.3) is 0 Å². The van der Waals surface area contributed by atoms with Crippen LogP contribution in [0.5, 0.6) is 0 Å². The molecule has 0 aromatic heterocycles. The van der Waals surface area contributed by atoms with Gasteiger partial charge in [0.2, 0.25) is 10.0 Å². The lowest BCUT2D eigenvalue weighted by Gasteiger charge is -2.50. The van der Waals surface area contributed by atoms with Gasteiger partial charge in [-0.25, -0.2) is 13.1 Å². The second-order valence-corrected chi connectivity index (χ2v) is 10.0. The lowest BCUT2D eigenvalue weighted by molar-refractivity contribution is -0.136. The maximum absolute atomic E-state index is 11.9. The van der Waals surface area contributed by atoms with Crippen molar-refractivity contribution in [3.8, 4) is 0 Å². The van der Waals surface area contributed by atoms with Crippen LogP contribution in [0.3, 0.4) is 0 Å². The van der Waals surface area contributed by atoms with E-state index in [4.69, 9.17) is 4.74 Å². The molecular weight excluding hydrogens is 336 g/mol. The Morgan fingerprint density at radius 3 is 2.60 bits per heavy atom. The number of benzene rings is 1. The Bertz CT molecular complexity index is 707. The van der Waals surface area contributed by atoms with Crippen molar-refractivity contribution in [3.05, 3.63) is 35.4 Å². The van der Waals surface area contributed by atoms with Crippen LogP contribution in [0.25, 0.3) is 0 Å². The molecule has 138 valence electrons. The minimum absolute atomic E-state index is 0.0459. The molecule has 5 nitrogen and oxygen atoms in total. The van der Waals surface area contributed by atoms with Gasteiger partial charge in [-0.1, -0.05) is 29.8 Å². The maximum Gasteiger partial charge on any atom is 0.214 e. The monoisotopic (exact) mass is 364 g/mol. The number of likely N-dealkylation sites (tertiary alicyclic amines) is 1. The molecule has 0 radical (unpaired) electrons. The zero-order valence-electron chi connectivity index (χ0n) is 14.9. The number of sulfonamides is 1. The van der Waals surface area contributed by atoms with Gasteiger partial charge in [0.05, 0.1) is 10.9 Å². The zero-order chi connectivity index (χ0) is 17.5. The van der Waals surface area contributed by atoms with Crippen molar-refractivity contribution < 1.29 is 13.2 Å². The average molecular weight is 365 g/mol. The highest BCUT2D eigenvalue weighted by atomic mass is 32.2. The van der Waals surface area contributed by atoms with Crippen LogP contribution in [0.4, 0.5) is 0 Å². The summed E-state index contributed by atoms with van der Waals surface area (Å²) in [4.78, 5) is 2.43. The highest BCUT2D eigenvalue weighted by Crippen LogP contribution is 2.42. The predicted molar refractivity (Wildman–Crippen MR) is 97.8 cm³/mol. The van der Waals surface area contributed by atoms with Crippen LogP contribution in [0, 0.1) is 12.8 Å². The van der Waals surface area contributed by atoms with Crippen LogP contribution in [-0.2, 0) is 21.3 Å². The van der Waals surface area contributed by atoms with Gasteiger partial charge in [0.15, 0.2) is 0 Å². The van der Waals surface area contributed by atoms with Gasteiger partial charge < -0.3 is 4.74 Å². The molecule has 2 saturated heterocycles. The molecule has 1 aromatic carbocycles. The summed E-state index contributed by atoms with van der Waals surface area (Å²) in [7, 11) is -3.06. The van der Waals surface area contributed by atoms with E-state index in [0.29, 0.717) is 12.5 Å². The van der Waals surface area contributed by atoms with Crippen LogP contribution in [-0.4, -0.2) is 50.4 Å². The standard InChI is InChI=1S/C19H28N2O3S/c1-15-2-4-16(5-3-15)12-21-13-19(14-21)17(9-11-24-19)8-10-20-25(22,23)18-6-7-18/h2-5,17-18,20H,6-14H2,1H3. The molecule has 1 unspecified atom stereocenters. The molecular formula is C19H28N2O3S. The first kappa shape index (κ1) is 17.5. The van der Waals surface area contributed by atoms with Gasteiger partial charge in [0, 0.05) is 32.8 Å². The lowest BCUT2D eigenvalue weighted by atomic mass is 9.79. The summed E-state index contributed by atoms with van der Waals surface area (Å²) in [5.41, 5.74) is 2.58. The number of hydrogen-bond donors (Lipinski definition) is 1. The fourth-order valence-electron chi connectivity index (χ4n) is 4.19. The third kappa shape index (κ3) is 3.77. The van der Waals surface area contributed by atoms with E-state index in [1.54, 1.807) is 0 Å². The van der Waals surface area contributed by atoms with Gasteiger partial charge in [-0.05, 0) is 44.1 Å². The van der Waals surface area contributed by atoms with E-state index in [9.17, 15) is 8.42 Å². The third-order valence-corrected chi connectivity index (χ3v) is 7.82. The van der Waals surface area contributed by atoms with Crippen molar-refractivity contribution in [2.24, 2.45) is 5.92 Å². The van der Waals surface area contributed by atoms with E-state index in [1.165, 1.54) is 11.1 Å². The number of nitrogens with one attached hydrogen (secondary N) is 1. The van der Waals surface area contributed by atoms with Crippen LogP contribution in [0.15, 0.2) is 24.3 Å². The van der Waals surface area contributed by atoms with E-state index < -0.39 is 10.0 Å². The molecule has 3 fully saturated rings. The molecule has 1 spiro atoms. The smallest absolute Gasteiger partial charge is 0.214 e. The van der Waals surface area contributed by atoms with E-state index in [0.717, 1.165) is 51.9 Å². The van der Waals surface area contributed by atoms with Crippen molar-refractivity contribution in [2.75, 3.05) is 26.2 Å². The van der Waals surface area contributed by atoms with Crippen molar-refractivity contribution in [2.45, 2.75) is 50.0 Å². The van der Waals surface area contributed by atoms with E-state index in [2.05, 4.69) is 40.8 Å². The second kappa shape index (κ2) is 6.65. The van der Waals surface area contributed by atoms with E-state index in [-0.39, 0.29) is 10.9 Å². The molecule has 2 heterocycles. The molecule has 1 saturated carbocycles. The molecule has 3 aliphatic rings. The average Bonchev–Trinajstić information content (AvgIpc) is 3.32. The molecule has 1 aliphatic carbocycles. The molecule has 1 atom stereocenters. The molecule has 1 N–H and O–H groups in total. The number of rotatable bonds is 7. The molecule has 4 rings (SSSR count). The number of aryl methyl sites for hydroxylation is 1. The van der Waals surface area contributed by atoms with Crippen LogP contribution in [0.1, 0.15) is 36.8 Å². The Labute approximate surface area is 150 Å². The maximum atomic E-state index is 11.9. The largest absolute Gasteiger partial charge is 0.372 e. The summed E-state index contributed by atoms with van der Waals surface area (Å²) in [6.07, 6.45) is 3.56. The lowest BCUT2D eigenvalue weighted by Crippen LogP contribution is -2.64. The minimum Gasteiger partial charge on any atom is -0.372 e. The van der Waals surface area contributed by atoms with Crippen molar-refractivity contribution in [1.82, 2.24) is 9.62 Å². The quantitative estimate of drug-likeness (QED) is 0.805. The summed E-state index contributed by atoms with van der Waals surface area (Å²) < 4.78 is 32.8. The summed E-state index contributed by atoms with van der Waals surface area (Å²) in [5, 5.41) is -0.130. The molecule has 0 bridgehead atoms. The van der Waals surface area contributed by atoms with Crippen molar-refractivity contribution in [3.63, 3.8) is 0 Å². The van der Waals surface area contributed by atoms with Gasteiger partial charge in [-0.3, -0.25) is 4.90 Å². The molecule has 2 aliphatic heterocycles. The third-order valence-electron chi connectivity index (χ3n) is 5.87. The number of nitrogens with zero attached hydrogens (tertiary/aromatic N) is 1. The molecule has 6 heteroatoms. The summed E-state index contributed by atoms with van der Waals surface area (Å²) >= 11 is 0. The first-order chi connectivity index (χ1) is 12.0. The van der Waals surface area contributed by atoms with E-state index >= 15 is 0 Å². The SMILES string of the molecule is Cc1ccc(CN2CC3(C2)OCCC3CCNS(=O)(=O)C2CC2)cc1. The number of hydrogen-bond acceptors (Lipinski definition) is 4. The summed E-state index contributed by atoms with van der Waals surface area (Å²) in [6, 6.07) is 8.71. The highest BCUT2D eigenvalue weighted by Gasteiger charge is 2.52. The minimum atomic E-state index is -3.06. The summed E-state index contributed by atoms with van der Waals surface area (Å²) in [6.45, 7) is 6.34. The highest BCUT2D eigenvalue weighted by molar-refractivity contribution is 7.90. The van der Waals surface area contributed by atoms with Crippen LogP contribution in [0.2, 0.25) is 0 Å². The Kier molecular flexibility index (Phi) is 4.65. The van der Waals surface area contributed by atoms with Crippen LogP contribution < -0.4 is 4.72 Å². The zero-order valence-corrected chi connectivity index (χ0v) is 15.7. The topological polar surface area (TPSA) is 58.6 Å².